The van der Waals surface area contributed by atoms with Crippen molar-refractivity contribution in [2.75, 3.05) is 5.32 Å². The highest BCUT2D eigenvalue weighted by atomic mass is 35.5. The van der Waals surface area contributed by atoms with Crippen LogP contribution in [0.2, 0.25) is 10.0 Å². The minimum atomic E-state index is -0.498. The van der Waals surface area contributed by atoms with Crippen LogP contribution in [0.3, 0.4) is 0 Å². The number of rotatable bonds is 3. The molecule has 0 atom stereocenters. The van der Waals surface area contributed by atoms with Gasteiger partial charge in [0.15, 0.2) is 0 Å². The van der Waals surface area contributed by atoms with E-state index < -0.39 is 11.6 Å². The van der Waals surface area contributed by atoms with E-state index in [1.807, 2.05) is 0 Å². The van der Waals surface area contributed by atoms with Crippen molar-refractivity contribution in [3.05, 3.63) is 63.6 Å². The summed E-state index contributed by atoms with van der Waals surface area (Å²) in [6.07, 6.45) is 0. The molecule has 0 heterocycles. The summed E-state index contributed by atoms with van der Waals surface area (Å²) in [5, 5.41) is 3.28. The zero-order chi connectivity index (χ0) is 13.1. The molecule has 18 heavy (non-hydrogen) atoms. The predicted molar refractivity (Wildman–Crippen MR) is 70.1 cm³/mol. The highest BCUT2D eigenvalue weighted by Gasteiger charge is 2.07. The van der Waals surface area contributed by atoms with Gasteiger partial charge in [-0.3, -0.25) is 0 Å². The standard InChI is InChI=1S/C13H9Cl2F2N/c14-9-4-5-10(16)12(6-9)18-7-8-2-1-3-11(17)13(8)15/h1-6,18H,7H2. The molecule has 0 radical (unpaired) electrons. The maximum absolute atomic E-state index is 13.4. The van der Waals surface area contributed by atoms with Crippen LogP contribution >= 0.6 is 23.2 Å². The predicted octanol–water partition coefficient (Wildman–Crippen LogP) is 4.88. The summed E-state index contributed by atoms with van der Waals surface area (Å²) in [7, 11) is 0. The van der Waals surface area contributed by atoms with E-state index in [4.69, 9.17) is 23.2 Å². The molecule has 2 aromatic rings. The van der Waals surface area contributed by atoms with Crippen molar-refractivity contribution in [2.24, 2.45) is 0 Å². The molecular formula is C13H9Cl2F2N. The van der Waals surface area contributed by atoms with E-state index in [-0.39, 0.29) is 17.3 Å². The van der Waals surface area contributed by atoms with Gasteiger partial charge >= 0.3 is 0 Å². The molecule has 0 saturated heterocycles. The van der Waals surface area contributed by atoms with Gasteiger partial charge in [-0.2, -0.15) is 0 Å². The fourth-order valence-corrected chi connectivity index (χ4v) is 1.87. The van der Waals surface area contributed by atoms with Crippen LogP contribution < -0.4 is 5.32 Å². The van der Waals surface area contributed by atoms with Crippen LogP contribution in [0.25, 0.3) is 0 Å². The minimum absolute atomic E-state index is 0.0347. The van der Waals surface area contributed by atoms with Crippen molar-refractivity contribution >= 4 is 28.9 Å². The maximum atomic E-state index is 13.4. The van der Waals surface area contributed by atoms with Gasteiger partial charge in [-0.15, -0.1) is 0 Å². The molecule has 1 N–H and O–H groups in total. The maximum Gasteiger partial charge on any atom is 0.146 e. The zero-order valence-electron chi connectivity index (χ0n) is 9.18. The van der Waals surface area contributed by atoms with Gasteiger partial charge in [0.25, 0.3) is 0 Å². The Balaban J connectivity index is 2.16. The first-order valence-electron chi connectivity index (χ1n) is 5.20. The molecule has 0 bridgehead atoms. The van der Waals surface area contributed by atoms with Crippen LogP contribution in [0.15, 0.2) is 36.4 Å². The Morgan fingerprint density at radius 3 is 2.56 bits per heavy atom. The molecular weight excluding hydrogens is 279 g/mol. The van der Waals surface area contributed by atoms with Gasteiger partial charge in [-0.25, -0.2) is 8.78 Å². The third kappa shape index (κ3) is 2.92. The summed E-state index contributed by atoms with van der Waals surface area (Å²) in [4.78, 5) is 0. The van der Waals surface area contributed by atoms with E-state index in [9.17, 15) is 8.78 Å². The SMILES string of the molecule is Fc1ccc(Cl)cc1NCc1cccc(F)c1Cl. The van der Waals surface area contributed by atoms with Crippen molar-refractivity contribution in [3.63, 3.8) is 0 Å². The molecule has 0 aliphatic heterocycles. The monoisotopic (exact) mass is 287 g/mol. The third-order valence-electron chi connectivity index (χ3n) is 2.43. The van der Waals surface area contributed by atoms with Crippen LogP contribution in [0.5, 0.6) is 0 Å². The molecule has 0 amide bonds. The number of halogens is 4. The number of anilines is 1. The molecule has 2 rings (SSSR count). The Labute approximate surface area is 113 Å². The fourth-order valence-electron chi connectivity index (χ4n) is 1.51. The molecule has 0 saturated carbocycles. The molecule has 0 spiro atoms. The first kappa shape index (κ1) is 13.1. The second-order valence-electron chi connectivity index (χ2n) is 3.69. The minimum Gasteiger partial charge on any atom is -0.379 e. The average molecular weight is 288 g/mol. The van der Waals surface area contributed by atoms with Crippen molar-refractivity contribution in [2.45, 2.75) is 6.54 Å². The van der Waals surface area contributed by atoms with Crippen molar-refractivity contribution in [1.82, 2.24) is 0 Å². The van der Waals surface area contributed by atoms with Crippen molar-refractivity contribution in [3.8, 4) is 0 Å². The smallest absolute Gasteiger partial charge is 0.146 e. The van der Waals surface area contributed by atoms with E-state index in [2.05, 4.69) is 5.32 Å². The topological polar surface area (TPSA) is 12.0 Å². The largest absolute Gasteiger partial charge is 0.379 e. The summed E-state index contributed by atoms with van der Waals surface area (Å²) in [5.41, 5.74) is 0.805. The first-order valence-corrected chi connectivity index (χ1v) is 5.95. The number of hydrogen-bond acceptors (Lipinski definition) is 1. The molecule has 0 aromatic heterocycles. The number of benzene rings is 2. The Morgan fingerprint density at radius 1 is 1.00 bits per heavy atom. The molecule has 1 nitrogen and oxygen atoms in total. The van der Waals surface area contributed by atoms with Crippen LogP contribution in [0, 0.1) is 11.6 Å². The Morgan fingerprint density at radius 2 is 1.78 bits per heavy atom. The molecule has 2 aromatic carbocycles. The summed E-state index contributed by atoms with van der Waals surface area (Å²) in [5.74, 6) is -0.922. The fraction of sp³-hybridized carbons (Fsp3) is 0.0769. The summed E-state index contributed by atoms with van der Waals surface area (Å²) in [6.45, 7) is 0.216. The molecule has 0 fully saturated rings. The molecule has 0 aliphatic rings. The Kier molecular flexibility index (Phi) is 4.04. The van der Waals surface area contributed by atoms with E-state index >= 15 is 0 Å². The van der Waals surface area contributed by atoms with Gasteiger partial charge in [0.05, 0.1) is 10.7 Å². The van der Waals surface area contributed by atoms with Gasteiger partial charge in [0, 0.05) is 11.6 Å². The van der Waals surface area contributed by atoms with Crippen LogP contribution in [-0.4, -0.2) is 0 Å². The molecule has 94 valence electrons. The Bertz CT molecular complexity index is 571. The lowest BCUT2D eigenvalue weighted by Crippen LogP contribution is -2.02. The lowest BCUT2D eigenvalue weighted by Gasteiger charge is -2.09. The lowest BCUT2D eigenvalue weighted by atomic mass is 10.2. The quantitative estimate of drug-likeness (QED) is 0.848. The van der Waals surface area contributed by atoms with Crippen molar-refractivity contribution < 1.29 is 8.78 Å². The summed E-state index contributed by atoms with van der Waals surface area (Å²) < 4.78 is 26.6. The number of nitrogens with one attached hydrogen (secondary N) is 1. The van der Waals surface area contributed by atoms with Crippen LogP contribution in [0.1, 0.15) is 5.56 Å². The molecule has 0 aliphatic carbocycles. The second-order valence-corrected chi connectivity index (χ2v) is 4.51. The van der Waals surface area contributed by atoms with E-state index in [1.165, 1.54) is 24.3 Å². The molecule has 5 heteroatoms. The van der Waals surface area contributed by atoms with Crippen molar-refractivity contribution in [1.29, 1.82) is 0 Å². The van der Waals surface area contributed by atoms with Crippen LogP contribution in [-0.2, 0) is 6.54 Å². The summed E-state index contributed by atoms with van der Waals surface area (Å²) >= 11 is 11.6. The van der Waals surface area contributed by atoms with Gasteiger partial charge in [0.1, 0.15) is 11.6 Å². The normalized spacial score (nSPS) is 10.4. The van der Waals surface area contributed by atoms with Gasteiger partial charge < -0.3 is 5.32 Å². The second kappa shape index (κ2) is 5.55. The van der Waals surface area contributed by atoms with E-state index in [0.717, 1.165) is 0 Å². The van der Waals surface area contributed by atoms with E-state index in [0.29, 0.717) is 10.6 Å². The summed E-state index contributed by atoms with van der Waals surface area (Å²) in [6, 6.07) is 8.67. The highest BCUT2D eigenvalue weighted by molar-refractivity contribution is 6.31. The average Bonchev–Trinajstić information content (AvgIpc) is 2.35. The van der Waals surface area contributed by atoms with E-state index in [1.54, 1.807) is 12.1 Å². The highest BCUT2D eigenvalue weighted by Crippen LogP contribution is 2.23. The van der Waals surface area contributed by atoms with Gasteiger partial charge in [0.2, 0.25) is 0 Å². The van der Waals surface area contributed by atoms with Gasteiger partial charge in [-0.1, -0.05) is 35.3 Å². The zero-order valence-corrected chi connectivity index (χ0v) is 10.7. The third-order valence-corrected chi connectivity index (χ3v) is 3.09. The first-order chi connectivity index (χ1) is 8.58. The van der Waals surface area contributed by atoms with Gasteiger partial charge in [-0.05, 0) is 29.8 Å². The Hall–Kier alpha value is -1.32. The number of hydrogen-bond donors (Lipinski definition) is 1. The molecule has 0 unspecified atom stereocenters. The lowest BCUT2D eigenvalue weighted by molar-refractivity contribution is 0.625. The van der Waals surface area contributed by atoms with Crippen LogP contribution in [0.4, 0.5) is 14.5 Å².